The largest absolute Gasteiger partial charge is 0.341 e. The molecule has 0 saturated carbocycles. The SMILES string of the molecule is CN(Cc1ccccc1)C(=O)C[C@H]1NC(=O)c2ccccc2NC1=O. The highest BCUT2D eigenvalue weighted by atomic mass is 16.2. The number of anilines is 1. The highest BCUT2D eigenvalue weighted by molar-refractivity contribution is 6.10. The van der Waals surface area contributed by atoms with E-state index in [4.69, 9.17) is 0 Å². The normalized spacial score (nSPS) is 16.3. The van der Waals surface area contributed by atoms with Crippen LogP contribution in [0, 0.1) is 0 Å². The Labute approximate surface area is 145 Å². The van der Waals surface area contributed by atoms with Crippen LogP contribution in [-0.2, 0) is 16.1 Å². The van der Waals surface area contributed by atoms with Gasteiger partial charge in [-0.15, -0.1) is 0 Å². The Balaban J connectivity index is 1.67. The van der Waals surface area contributed by atoms with Gasteiger partial charge in [0.15, 0.2) is 0 Å². The third kappa shape index (κ3) is 3.85. The zero-order valence-electron chi connectivity index (χ0n) is 13.9. The third-order valence-corrected chi connectivity index (χ3v) is 4.12. The van der Waals surface area contributed by atoms with Crippen molar-refractivity contribution in [2.75, 3.05) is 12.4 Å². The first-order chi connectivity index (χ1) is 12.0. The van der Waals surface area contributed by atoms with Gasteiger partial charge in [0, 0.05) is 13.6 Å². The van der Waals surface area contributed by atoms with Crippen LogP contribution in [0.2, 0.25) is 0 Å². The number of carbonyl (C=O) groups excluding carboxylic acids is 3. The molecule has 3 amide bonds. The molecule has 2 aromatic rings. The number of carbonyl (C=O) groups is 3. The van der Waals surface area contributed by atoms with Crippen LogP contribution in [0.25, 0.3) is 0 Å². The van der Waals surface area contributed by atoms with Gasteiger partial charge in [-0.3, -0.25) is 14.4 Å². The molecular weight excluding hydrogens is 318 g/mol. The van der Waals surface area contributed by atoms with Crippen LogP contribution < -0.4 is 10.6 Å². The maximum absolute atomic E-state index is 12.4. The lowest BCUT2D eigenvalue weighted by Crippen LogP contribution is -2.44. The molecule has 6 nitrogen and oxygen atoms in total. The molecule has 128 valence electrons. The molecule has 6 heteroatoms. The van der Waals surface area contributed by atoms with Crippen LogP contribution in [0.3, 0.4) is 0 Å². The van der Waals surface area contributed by atoms with Gasteiger partial charge in [0.25, 0.3) is 5.91 Å². The molecule has 3 rings (SSSR count). The number of hydrogen-bond donors (Lipinski definition) is 2. The fourth-order valence-corrected chi connectivity index (χ4v) is 2.73. The molecule has 25 heavy (non-hydrogen) atoms. The lowest BCUT2D eigenvalue weighted by atomic mass is 10.1. The molecule has 0 aliphatic carbocycles. The fraction of sp³-hybridized carbons (Fsp3) is 0.211. The molecule has 1 heterocycles. The second-order valence-electron chi connectivity index (χ2n) is 6.00. The number of benzene rings is 2. The summed E-state index contributed by atoms with van der Waals surface area (Å²) in [6.07, 6.45) is -0.0884. The molecule has 0 bridgehead atoms. The van der Waals surface area contributed by atoms with E-state index in [2.05, 4.69) is 10.6 Å². The Hall–Kier alpha value is -3.15. The number of rotatable bonds is 4. The molecular formula is C19H19N3O3. The van der Waals surface area contributed by atoms with Crippen molar-refractivity contribution in [3.05, 3.63) is 65.7 Å². The first-order valence-electron chi connectivity index (χ1n) is 8.03. The van der Waals surface area contributed by atoms with Gasteiger partial charge in [-0.1, -0.05) is 42.5 Å². The molecule has 0 fully saturated rings. The van der Waals surface area contributed by atoms with Gasteiger partial charge in [0.1, 0.15) is 6.04 Å². The quantitative estimate of drug-likeness (QED) is 0.893. The van der Waals surface area contributed by atoms with E-state index in [0.29, 0.717) is 17.8 Å². The van der Waals surface area contributed by atoms with Crippen molar-refractivity contribution >= 4 is 23.4 Å². The maximum Gasteiger partial charge on any atom is 0.254 e. The summed E-state index contributed by atoms with van der Waals surface area (Å²) < 4.78 is 0. The first-order valence-corrected chi connectivity index (χ1v) is 8.03. The van der Waals surface area contributed by atoms with Crippen molar-refractivity contribution in [3.8, 4) is 0 Å². The van der Waals surface area contributed by atoms with Gasteiger partial charge in [-0.2, -0.15) is 0 Å². The molecule has 2 N–H and O–H groups in total. The number of nitrogens with zero attached hydrogens (tertiary/aromatic N) is 1. The number of para-hydroxylation sites is 1. The van der Waals surface area contributed by atoms with Crippen molar-refractivity contribution in [2.45, 2.75) is 19.0 Å². The van der Waals surface area contributed by atoms with Gasteiger partial charge in [-0.25, -0.2) is 0 Å². The second kappa shape index (κ2) is 7.17. The zero-order valence-corrected chi connectivity index (χ0v) is 13.9. The Morgan fingerprint density at radius 2 is 1.72 bits per heavy atom. The Morgan fingerprint density at radius 1 is 1.04 bits per heavy atom. The predicted molar refractivity (Wildman–Crippen MR) is 93.9 cm³/mol. The van der Waals surface area contributed by atoms with Crippen LogP contribution in [0.4, 0.5) is 5.69 Å². The smallest absolute Gasteiger partial charge is 0.254 e. The number of hydrogen-bond acceptors (Lipinski definition) is 3. The minimum atomic E-state index is -0.898. The van der Waals surface area contributed by atoms with E-state index >= 15 is 0 Å². The van der Waals surface area contributed by atoms with Gasteiger partial charge in [0.05, 0.1) is 17.7 Å². The molecule has 1 aliphatic rings. The average Bonchev–Trinajstić information content (AvgIpc) is 2.73. The maximum atomic E-state index is 12.4. The van der Waals surface area contributed by atoms with Crippen LogP contribution in [0.1, 0.15) is 22.3 Å². The van der Waals surface area contributed by atoms with Crippen molar-refractivity contribution in [1.29, 1.82) is 0 Å². The van der Waals surface area contributed by atoms with Gasteiger partial charge in [-0.05, 0) is 17.7 Å². The molecule has 0 saturated heterocycles. The lowest BCUT2D eigenvalue weighted by Gasteiger charge is -2.20. The van der Waals surface area contributed by atoms with Crippen LogP contribution in [0.15, 0.2) is 54.6 Å². The standard InChI is InChI=1S/C19H19N3O3/c1-22(12-13-7-3-2-4-8-13)17(23)11-16-19(25)20-15-10-6-5-9-14(15)18(24)21-16/h2-10,16H,11-12H2,1H3,(H,20,25)(H,21,24)/t16-/m1/s1. The van der Waals surface area contributed by atoms with Crippen molar-refractivity contribution < 1.29 is 14.4 Å². The first kappa shape index (κ1) is 16.7. The van der Waals surface area contributed by atoms with E-state index in [0.717, 1.165) is 5.56 Å². The van der Waals surface area contributed by atoms with E-state index < -0.39 is 6.04 Å². The Bertz CT molecular complexity index is 805. The van der Waals surface area contributed by atoms with E-state index in [1.54, 1.807) is 36.2 Å². The second-order valence-corrected chi connectivity index (χ2v) is 6.00. The summed E-state index contributed by atoms with van der Waals surface area (Å²) in [6.45, 7) is 0.447. The van der Waals surface area contributed by atoms with Crippen LogP contribution in [-0.4, -0.2) is 35.7 Å². The van der Waals surface area contributed by atoms with Gasteiger partial charge in [0.2, 0.25) is 11.8 Å². The topological polar surface area (TPSA) is 78.5 Å². The molecule has 0 unspecified atom stereocenters. The summed E-state index contributed by atoms with van der Waals surface area (Å²) in [5.74, 6) is -0.965. The van der Waals surface area contributed by atoms with Crippen LogP contribution in [0.5, 0.6) is 0 Å². The molecule has 0 radical (unpaired) electrons. The summed E-state index contributed by atoms with van der Waals surface area (Å²) in [5, 5.41) is 5.34. The van der Waals surface area contributed by atoms with E-state index in [1.165, 1.54) is 0 Å². The molecule has 0 spiro atoms. The van der Waals surface area contributed by atoms with E-state index in [-0.39, 0.29) is 24.1 Å². The number of fused-ring (bicyclic) bond motifs is 1. The van der Waals surface area contributed by atoms with Crippen molar-refractivity contribution in [2.24, 2.45) is 0 Å². The monoisotopic (exact) mass is 337 g/mol. The van der Waals surface area contributed by atoms with E-state index in [9.17, 15) is 14.4 Å². The summed E-state index contributed by atoms with van der Waals surface area (Å²) in [7, 11) is 1.68. The average molecular weight is 337 g/mol. The molecule has 1 aliphatic heterocycles. The summed E-state index contributed by atoms with van der Waals surface area (Å²) in [4.78, 5) is 38.6. The fourth-order valence-electron chi connectivity index (χ4n) is 2.73. The molecule has 0 aromatic heterocycles. The minimum Gasteiger partial charge on any atom is -0.341 e. The lowest BCUT2D eigenvalue weighted by molar-refractivity contribution is -0.133. The molecule has 2 aromatic carbocycles. The highest BCUT2D eigenvalue weighted by Gasteiger charge is 2.30. The third-order valence-electron chi connectivity index (χ3n) is 4.12. The number of amides is 3. The minimum absolute atomic E-state index is 0.0884. The zero-order chi connectivity index (χ0) is 17.8. The summed E-state index contributed by atoms with van der Waals surface area (Å²) in [5.41, 5.74) is 1.85. The summed E-state index contributed by atoms with van der Waals surface area (Å²) >= 11 is 0. The number of nitrogens with one attached hydrogen (secondary N) is 2. The highest BCUT2D eigenvalue weighted by Crippen LogP contribution is 2.19. The molecule has 1 atom stereocenters. The Morgan fingerprint density at radius 3 is 2.48 bits per heavy atom. The van der Waals surface area contributed by atoms with Crippen molar-refractivity contribution in [3.63, 3.8) is 0 Å². The van der Waals surface area contributed by atoms with Gasteiger partial charge < -0.3 is 15.5 Å². The van der Waals surface area contributed by atoms with Gasteiger partial charge >= 0.3 is 0 Å². The summed E-state index contributed by atoms with van der Waals surface area (Å²) in [6, 6.07) is 15.5. The van der Waals surface area contributed by atoms with E-state index in [1.807, 2.05) is 30.3 Å². The van der Waals surface area contributed by atoms with Crippen molar-refractivity contribution in [1.82, 2.24) is 10.2 Å². The Kier molecular flexibility index (Phi) is 4.79. The van der Waals surface area contributed by atoms with Crippen LogP contribution >= 0.6 is 0 Å². The predicted octanol–water partition coefficient (Wildman–Crippen LogP) is 1.79.